The van der Waals surface area contributed by atoms with Crippen LogP contribution in [0.5, 0.6) is 0 Å². The third-order valence-electron chi connectivity index (χ3n) is 6.58. The Balaban J connectivity index is 1.36. The van der Waals surface area contributed by atoms with Crippen molar-refractivity contribution >= 4 is 28.7 Å². The van der Waals surface area contributed by atoms with Crippen molar-refractivity contribution in [1.82, 2.24) is 20.2 Å². The zero-order valence-corrected chi connectivity index (χ0v) is 20.0. The molecule has 1 saturated heterocycles. The van der Waals surface area contributed by atoms with Crippen molar-refractivity contribution in [2.75, 3.05) is 26.2 Å². The number of carbonyl (C=O) groups excluding carboxylic acids is 3. The molecule has 180 valence electrons. The predicted octanol–water partition coefficient (Wildman–Crippen LogP) is 3.50. The van der Waals surface area contributed by atoms with E-state index in [-0.39, 0.29) is 24.3 Å². The summed E-state index contributed by atoms with van der Waals surface area (Å²) in [5.74, 6) is -0.892. The maximum Gasteiger partial charge on any atom is 0.340 e. The number of amides is 2. The number of hydrogen-bond acceptors (Lipinski definition) is 4. The number of benzene rings is 1. The Morgan fingerprint density at radius 3 is 2.79 bits per heavy atom. The second-order valence-corrected chi connectivity index (χ2v) is 8.84. The van der Waals surface area contributed by atoms with Crippen LogP contribution in [0.25, 0.3) is 10.9 Å². The van der Waals surface area contributed by atoms with Gasteiger partial charge < -0.3 is 24.9 Å². The van der Waals surface area contributed by atoms with Gasteiger partial charge in [0.2, 0.25) is 5.91 Å². The third-order valence-corrected chi connectivity index (χ3v) is 6.58. The summed E-state index contributed by atoms with van der Waals surface area (Å²) in [6.45, 7) is 7.03. The molecule has 3 aromatic rings. The second-order valence-electron chi connectivity index (χ2n) is 8.84. The first-order chi connectivity index (χ1) is 16.4. The Kier molecular flexibility index (Phi) is 7.05. The normalized spacial score (nSPS) is 16.0. The highest BCUT2D eigenvalue weighted by atomic mass is 16.5. The highest BCUT2D eigenvalue weighted by Crippen LogP contribution is 2.24. The van der Waals surface area contributed by atoms with Crippen LogP contribution in [-0.2, 0) is 16.0 Å². The van der Waals surface area contributed by atoms with Crippen LogP contribution in [0.15, 0.2) is 30.5 Å². The van der Waals surface area contributed by atoms with Crippen molar-refractivity contribution in [2.45, 2.75) is 40.0 Å². The van der Waals surface area contributed by atoms with Gasteiger partial charge in [0.05, 0.1) is 18.1 Å². The van der Waals surface area contributed by atoms with Gasteiger partial charge in [-0.2, -0.15) is 0 Å². The highest BCUT2D eigenvalue weighted by molar-refractivity contribution is 6.00. The lowest BCUT2D eigenvalue weighted by molar-refractivity contribution is -0.126. The minimum Gasteiger partial charge on any atom is -0.462 e. The van der Waals surface area contributed by atoms with Crippen LogP contribution in [0.2, 0.25) is 0 Å². The van der Waals surface area contributed by atoms with Crippen molar-refractivity contribution in [3.63, 3.8) is 0 Å². The standard InChI is InChI=1S/C26H32N4O4/c1-4-34-26(33)22-16(2)23(29-17(22)3)25(32)30-13-7-8-19(15-30)24(31)27-12-11-18-14-28-21-10-6-5-9-20(18)21/h5-6,9-10,14,19,28-29H,4,7-8,11-13,15H2,1-3H3,(H,27,31). The Bertz CT molecular complexity index is 1210. The molecule has 1 aromatic carbocycles. The molecule has 3 N–H and O–H groups in total. The number of esters is 1. The monoisotopic (exact) mass is 464 g/mol. The van der Waals surface area contributed by atoms with Gasteiger partial charge >= 0.3 is 5.97 Å². The lowest BCUT2D eigenvalue weighted by Gasteiger charge is -2.32. The van der Waals surface area contributed by atoms with Crippen LogP contribution >= 0.6 is 0 Å². The number of aryl methyl sites for hydroxylation is 1. The lowest BCUT2D eigenvalue weighted by Crippen LogP contribution is -2.46. The Labute approximate surface area is 199 Å². The molecule has 2 aromatic heterocycles. The molecule has 1 aliphatic rings. The average Bonchev–Trinajstić information content (AvgIpc) is 3.38. The fourth-order valence-electron chi connectivity index (χ4n) is 4.81. The predicted molar refractivity (Wildman–Crippen MR) is 130 cm³/mol. The number of H-pyrrole nitrogens is 2. The Morgan fingerprint density at radius 2 is 2.00 bits per heavy atom. The van der Waals surface area contributed by atoms with Crippen molar-refractivity contribution in [1.29, 1.82) is 0 Å². The molecule has 1 fully saturated rings. The van der Waals surface area contributed by atoms with Gasteiger partial charge in [0.1, 0.15) is 5.69 Å². The molecule has 8 heteroatoms. The minimum atomic E-state index is -0.432. The molecule has 3 heterocycles. The van der Waals surface area contributed by atoms with Crippen molar-refractivity contribution in [2.24, 2.45) is 5.92 Å². The number of likely N-dealkylation sites (tertiary alicyclic amines) is 1. The Hall–Kier alpha value is -3.55. The number of aromatic nitrogens is 2. The van der Waals surface area contributed by atoms with Gasteiger partial charge in [0.25, 0.3) is 5.91 Å². The SMILES string of the molecule is CCOC(=O)c1c(C)[nH]c(C(=O)N2CCCC(C(=O)NCCc3c[nH]c4ccccc34)C2)c1C. The molecular formula is C26H32N4O4. The zero-order valence-electron chi connectivity index (χ0n) is 20.0. The number of para-hydroxylation sites is 1. The first kappa shape index (κ1) is 23.6. The van der Waals surface area contributed by atoms with Crippen molar-refractivity contribution in [3.05, 3.63) is 58.5 Å². The molecule has 0 saturated carbocycles. The first-order valence-corrected chi connectivity index (χ1v) is 11.9. The van der Waals surface area contributed by atoms with E-state index in [0.29, 0.717) is 42.1 Å². The molecular weight excluding hydrogens is 432 g/mol. The summed E-state index contributed by atoms with van der Waals surface area (Å²) in [5.41, 5.74) is 4.27. The number of nitrogens with zero attached hydrogens (tertiary/aromatic N) is 1. The Morgan fingerprint density at radius 1 is 1.21 bits per heavy atom. The quantitative estimate of drug-likeness (QED) is 0.465. The highest BCUT2D eigenvalue weighted by Gasteiger charge is 2.31. The third kappa shape index (κ3) is 4.71. The topological polar surface area (TPSA) is 107 Å². The van der Waals surface area contributed by atoms with Crippen LogP contribution in [-0.4, -0.2) is 58.9 Å². The lowest BCUT2D eigenvalue weighted by atomic mass is 9.96. The van der Waals surface area contributed by atoms with E-state index in [1.165, 1.54) is 10.9 Å². The molecule has 0 spiro atoms. The van der Waals surface area contributed by atoms with Crippen LogP contribution < -0.4 is 5.32 Å². The minimum absolute atomic E-state index is 0.0241. The summed E-state index contributed by atoms with van der Waals surface area (Å²) < 4.78 is 5.13. The summed E-state index contributed by atoms with van der Waals surface area (Å²) in [5, 5.41) is 4.22. The van der Waals surface area contributed by atoms with Crippen LogP contribution in [0.3, 0.4) is 0 Å². The molecule has 8 nitrogen and oxygen atoms in total. The van der Waals surface area contributed by atoms with E-state index in [4.69, 9.17) is 4.74 Å². The van der Waals surface area contributed by atoms with Gasteiger partial charge in [-0.05, 0) is 57.2 Å². The number of fused-ring (bicyclic) bond motifs is 1. The van der Waals surface area contributed by atoms with E-state index >= 15 is 0 Å². The van der Waals surface area contributed by atoms with E-state index in [1.807, 2.05) is 24.4 Å². The molecule has 0 aliphatic carbocycles. The van der Waals surface area contributed by atoms with Crippen LogP contribution in [0.1, 0.15) is 57.4 Å². The molecule has 1 atom stereocenters. The summed E-state index contributed by atoms with van der Waals surface area (Å²) in [6, 6.07) is 8.11. The van der Waals surface area contributed by atoms with Crippen LogP contribution in [0, 0.1) is 19.8 Å². The smallest absolute Gasteiger partial charge is 0.340 e. The van der Waals surface area contributed by atoms with E-state index < -0.39 is 5.97 Å². The first-order valence-electron chi connectivity index (χ1n) is 11.9. The molecule has 4 rings (SSSR count). The van der Waals surface area contributed by atoms with E-state index in [2.05, 4.69) is 21.4 Å². The molecule has 2 amide bonds. The molecule has 0 radical (unpaired) electrons. The van der Waals surface area contributed by atoms with Gasteiger partial charge in [-0.15, -0.1) is 0 Å². The van der Waals surface area contributed by atoms with Gasteiger partial charge in [0.15, 0.2) is 0 Å². The maximum absolute atomic E-state index is 13.2. The second kappa shape index (κ2) is 10.2. The van der Waals surface area contributed by atoms with E-state index in [0.717, 1.165) is 24.8 Å². The van der Waals surface area contributed by atoms with Gasteiger partial charge in [-0.3, -0.25) is 9.59 Å². The molecule has 1 aliphatic heterocycles. The largest absolute Gasteiger partial charge is 0.462 e. The number of aromatic amines is 2. The number of rotatable bonds is 7. The molecule has 0 bridgehead atoms. The summed E-state index contributed by atoms with van der Waals surface area (Å²) in [6.07, 6.45) is 4.24. The van der Waals surface area contributed by atoms with Crippen molar-refractivity contribution in [3.8, 4) is 0 Å². The number of hydrogen-bond donors (Lipinski definition) is 3. The number of nitrogens with one attached hydrogen (secondary N) is 3. The van der Waals surface area contributed by atoms with Gasteiger partial charge in [-0.1, -0.05) is 18.2 Å². The number of piperidine rings is 1. The zero-order chi connectivity index (χ0) is 24.2. The summed E-state index contributed by atoms with van der Waals surface area (Å²) in [7, 11) is 0. The fraction of sp³-hybridized carbons (Fsp3) is 0.423. The maximum atomic E-state index is 13.2. The van der Waals surface area contributed by atoms with Gasteiger partial charge in [0, 0.05) is 42.4 Å². The van der Waals surface area contributed by atoms with Gasteiger partial charge in [-0.25, -0.2) is 4.79 Å². The van der Waals surface area contributed by atoms with Crippen molar-refractivity contribution < 1.29 is 19.1 Å². The summed E-state index contributed by atoms with van der Waals surface area (Å²) >= 11 is 0. The fourth-order valence-corrected chi connectivity index (χ4v) is 4.81. The molecule has 1 unspecified atom stereocenters. The van der Waals surface area contributed by atoms with Crippen LogP contribution in [0.4, 0.5) is 0 Å². The molecule has 34 heavy (non-hydrogen) atoms. The van der Waals surface area contributed by atoms with E-state index in [1.54, 1.807) is 25.7 Å². The average molecular weight is 465 g/mol. The number of carbonyl (C=O) groups is 3. The van der Waals surface area contributed by atoms with E-state index in [9.17, 15) is 14.4 Å². The number of ether oxygens (including phenoxy) is 1. The summed E-state index contributed by atoms with van der Waals surface area (Å²) in [4.78, 5) is 46.4.